The Bertz CT molecular complexity index is 857. The van der Waals surface area contributed by atoms with Crippen LogP contribution in [0.4, 0.5) is 0 Å². The molecule has 0 fully saturated rings. The van der Waals surface area contributed by atoms with Crippen LogP contribution in [0.2, 0.25) is 0 Å². The molecule has 1 aromatic heterocycles. The lowest BCUT2D eigenvalue weighted by Crippen LogP contribution is -2.02. The molecule has 0 spiro atoms. The number of ketones is 1. The lowest BCUT2D eigenvalue weighted by atomic mass is 10.0. The molecule has 0 unspecified atom stereocenters. The minimum Gasteiger partial charge on any atom is -0.339 e. The van der Waals surface area contributed by atoms with Crippen LogP contribution in [0.3, 0.4) is 0 Å². The zero-order chi connectivity index (χ0) is 16.3. The van der Waals surface area contributed by atoms with Crippen molar-refractivity contribution in [2.75, 3.05) is 0 Å². The molecule has 0 aliphatic rings. The summed E-state index contributed by atoms with van der Waals surface area (Å²) in [6.07, 6.45) is 1.54. The molecule has 22 heavy (non-hydrogen) atoms. The van der Waals surface area contributed by atoms with Gasteiger partial charge in [-0.25, -0.2) is 0 Å². The first-order chi connectivity index (χ1) is 10.5. The van der Waals surface area contributed by atoms with Crippen LogP contribution in [-0.4, -0.2) is 10.4 Å². The largest absolute Gasteiger partial charge is 0.339 e. The van der Waals surface area contributed by atoms with Gasteiger partial charge in [-0.1, -0.05) is 23.8 Å². The summed E-state index contributed by atoms with van der Waals surface area (Å²) in [5.74, 6) is -0.312. The molecule has 0 saturated carbocycles. The molecule has 4 heteroatoms. The molecule has 0 bridgehead atoms. The summed E-state index contributed by atoms with van der Waals surface area (Å²) < 4.78 is 1.73. The summed E-state index contributed by atoms with van der Waals surface area (Å²) in [5.41, 5.74) is 3.54. The standard InChI is InChI=1S/C18H15N3O/c1-12-5-4-6-14(7-12)18(22)16(10-19)8-15-9-17(11-20)21(3)13(15)2/h4-9H,1-3H3/b16-8+. The Kier molecular flexibility index (Phi) is 4.25. The number of allylic oxidation sites excluding steroid dienone is 1. The summed E-state index contributed by atoms with van der Waals surface area (Å²) in [7, 11) is 1.78. The number of hydrogen-bond donors (Lipinski definition) is 0. The first kappa shape index (κ1) is 15.3. The molecule has 4 nitrogen and oxygen atoms in total. The van der Waals surface area contributed by atoms with E-state index >= 15 is 0 Å². The third-order valence-electron chi connectivity index (χ3n) is 3.63. The molecule has 0 aliphatic heterocycles. The van der Waals surface area contributed by atoms with Gasteiger partial charge in [0.05, 0.1) is 0 Å². The summed E-state index contributed by atoms with van der Waals surface area (Å²) in [4.78, 5) is 12.4. The minimum atomic E-state index is -0.312. The third-order valence-corrected chi connectivity index (χ3v) is 3.63. The maximum absolute atomic E-state index is 12.4. The highest BCUT2D eigenvalue weighted by Gasteiger charge is 2.14. The van der Waals surface area contributed by atoms with Crippen LogP contribution in [0.15, 0.2) is 35.9 Å². The van der Waals surface area contributed by atoms with Gasteiger partial charge in [-0.2, -0.15) is 10.5 Å². The van der Waals surface area contributed by atoms with Gasteiger partial charge in [-0.15, -0.1) is 0 Å². The second-order valence-electron chi connectivity index (χ2n) is 5.11. The molecule has 1 aromatic carbocycles. The number of rotatable bonds is 3. The van der Waals surface area contributed by atoms with Gasteiger partial charge in [-0.05, 0) is 37.6 Å². The number of benzene rings is 1. The summed E-state index contributed by atoms with van der Waals surface area (Å²) >= 11 is 0. The molecular formula is C18H15N3O. The van der Waals surface area contributed by atoms with Crippen molar-refractivity contribution in [1.29, 1.82) is 10.5 Å². The van der Waals surface area contributed by atoms with Gasteiger partial charge < -0.3 is 4.57 Å². The molecule has 0 aliphatic carbocycles. The first-order valence-electron chi connectivity index (χ1n) is 6.77. The van der Waals surface area contributed by atoms with Crippen molar-refractivity contribution < 1.29 is 4.79 Å². The van der Waals surface area contributed by atoms with Crippen molar-refractivity contribution in [1.82, 2.24) is 4.57 Å². The van der Waals surface area contributed by atoms with Gasteiger partial charge >= 0.3 is 0 Å². The fourth-order valence-corrected chi connectivity index (χ4v) is 2.22. The van der Waals surface area contributed by atoms with E-state index in [0.29, 0.717) is 16.8 Å². The smallest absolute Gasteiger partial charge is 0.203 e. The maximum atomic E-state index is 12.4. The lowest BCUT2D eigenvalue weighted by molar-refractivity contribution is 0.104. The fraction of sp³-hybridized carbons (Fsp3) is 0.167. The molecule has 108 valence electrons. The lowest BCUT2D eigenvalue weighted by Gasteiger charge is -2.02. The number of carbonyl (C=O) groups excluding carboxylic acids is 1. The van der Waals surface area contributed by atoms with Crippen LogP contribution in [0.1, 0.15) is 32.9 Å². The van der Waals surface area contributed by atoms with Crippen LogP contribution in [0, 0.1) is 36.5 Å². The average molecular weight is 289 g/mol. The number of aryl methyl sites for hydroxylation is 1. The number of nitriles is 2. The van der Waals surface area contributed by atoms with Crippen molar-refractivity contribution in [3.05, 3.63) is 64.0 Å². The summed E-state index contributed by atoms with van der Waals surface area (Å²) in [6, 6.07) is 12.9. The molecule has 1 heterocycles. The van der Waals surface area contributed by atoms with Gasteiger partial charge in [0.1, 0.15) is 23.4 Å². The van der Waals surface area contributed by atoms with Crippen LogP contribution in [-0.2, 0) is 7.05 Å². The fourth-order valence-electron chi connectivity index (χ4n) is 2.22. The van der Waals surface area contributed by atoms with E-state index in [1.807, 2.05) is 26.0 Å². The predicted molar refractivity (Wildman–Crippen MR) is 84.0 cm³/mol. The van der Waals surface area contributed by atoms with Gasteiger partial charge in [-0.3, -0.25) is 4.79 Å². The van der Waals surface area contributed by atoms with Crippen molar-refractivity contribution >= 4 is 11.9 Å². The van der Waals surface area contributed by atoms with Crippen LogP contribution < -0.4 is 0 Å². The summed E-state index contributed by atoms with van der Waals surface area (Å²) in [6.45, 7) is 3.74. The van der Waals surface area contributed by atoms with E-state index in [9.17, 15) is 10.1 Å². The van der Waals surface area contributed by atoms with E-state index in [1.54, 1.807) is 42.0 Å². The predicted octanol–water partition coefficient (Wildman–Crippen LogP) is 3.30. The highest BCUT2D eigenvalue weighted by molar-refractivity contribution is 6.14. The zero-order valence-electron chi connectivity index (χ0n) is 12.7. The summed E-state index contributed by atoms with van der Waals surface area (Å²) in [5, 5.41) is 18.3. The molecule has 2 aromatic rings. The number of nitrogens with zero attached hydrogens (tertiary/aromatic N) is 3. The Balaban J connectivity index is 2.47. The Morgan fingerprint density at radius 3 is 2.50 bits per heavy atom. The Labute approximate surface area is 129 Å². The van der Waals surface area contributed by atoms with Crippen LogP contribution in [0.25, 0.3) is 6.08 Å². The molecule has 2 rings (SSSR count). The monoisotopic (exact) mass is 289 g/mol. The second-order valence-corrected chi connectivity index (χ2v) is 5.11. The Morgan fingerprint density at radius 2 is 1.95 bits per heavy atom. The van der Waals surface area contributed by atoms with Crippen molar-refractivity contribution in [2.24, 2.45) is 7.05 Å². The molecular weight excluding hydrogens is 274 g/mol. The van der Waals surface area contributed by atoms with Gasteiger partial charge in [0.15, 0.2) is 0 Å². The minimum absolute atomic E-state index is 0.0591. The first-order valence-corrected chi connectivity index (χ1v) is 6.77. The SMILES string of the molecule is Cc1cccc(C(=O)/C(C#N)=C/c2cc(C#N)n(C)c2C)c1. The quantitative estimate of drug-likeness (QED) is 0.494. The number of carbonyl (C=O) groups is 1. The van der Waals surface area contributed by atoms with E-state index < -0.39 is 0 Å². The number of Topliss-reactive ketones (excluding diaryl/α,β-unsaturated/α-hetero) is 1. The zero-order valence-corrected chi connectivity index (χ0v) is 12.7. The Hall–Kier alpha value is -3.11. The molecule has 0 atom stereocenters. The van der Waals surface area contributed by atoms with E-state index in [1.165, 1.54) is 0 Å². The Morgan fingerprint density at radius 1 is 1.23 bits per heavy atom. The van der Waals surface area contributed by atoms with Crippen molar-refractivity contribution in [3.63, 3.8) is 0 Å². The van der Waals surface area contributed by atoms with E-state index in [4.69, 9.17) is 5.26 Å². The molecule has 0 N–H and O–H groups in total. The van der Waals surface area contributed by atoms with Gasteiger partial charge in [0, 0.05) is 18.3 Å². The van der Waals surface area contributed by atoms with Gasteiger partial charge in [0.25, 0.3) is 0 Å². The molecule has 0 amide bonds. The molecule has 0 radical (unpaired) electrons. The van der Waals surface area contributed by atoms with Crippen LogP contribution in [0.5, 0.6) is 0 Å². The molecule has 0 saturated heterocycles. The van der Waals surface area contributed by atoms with Crippen molar-refractivity contribution in [3.8, 4) is 12.1 Å². The average Bonchev–Trinajstić information content (AvgIpc) is 2.79. The number of aromatic nitrogens is 1. The third kappa shape index (κ3) is 2.82. The van der Waals surface area contributed by atoms with E-state index in [0.717, 1.165) is 11.3 Å². The maximum Gasteiger partial charge on any atom is 0.203 e. The van der Waals surface area contributed by atoms with Crippen LogP contribution >= 0.6 is 0 Å². The topological polar surface area (TPSA) is 69.6 Å². The van der Waals surface area contributed by atoms with Crippen molar-refractivity contribution in [2.45, 2.75) is 13.8 Å². The second kappa shape index (κ2) is 6.11. The highest BCUT2D eigenvalue weighted by atomic mass is 16.1. The number of hydrogen-bond acceptors (Lipinski definition) is 3. The normalized spacial score (nSPS) is 10.9. The van der Waals surface area contributed by atoms with E-state index in [2.05, 4.69) is 6.07 Å². The van der Waals surface area contributed by atoms with Gasteiger partial charge in [0.2, 0.25) is 5.78 Å². The highest BCUT2D eigenvalue weighted by Crippen LogP contribution is 2.19. The van der Waals surface area contributed by atoms with E-state index in [-0.39, 0.29) is 11.4 Å².